The molecular weight excluding hydrogens is 264 g/mol. The smallest absolute Gasteiger partial charge is 0.362 e. The molecule has 0 fully saturated rings. The summed E-state index contributed by atoms with van der Waals surface area (Å²) in [6.45, 7) is 1.96. The van der Waals surface area contributed by atoms with Gasteiger partial charge in [0, 0.05) is 0 Å². The number of ether oxygens (including phenoxy) is 1. The molecule has 2 rings (SSSR count). The van der Waals surface area contributed by atoms with Crippen LogP contribution >= 0.6 is 22.9 Å². The molecule has 0 bridgehead atoms. The molecule has 17 heavy (non-hydrogen) atoms. The second-order valence-electron chi connectivity index (χ2n) is 3.06. The van der Waals surface area contributed by atoms with Crippen LogP contribution in [-0.4, -0.2) is 17.6 Å². The number of aromatic nitrogens is 1. The van der Waals surface area contributed by atoms with Crippen molar-refractivity contribution in [2.45, 2.75) is 6.92 Å². The molecule has 2 aromatic rings. The van der Waals surface area contributed by atoms with Crippen molar-refractivity contribution in [1.29, 1.82) is 0 Å². The monoisotopic (exact) mass is 272 g/mol. The third-order valence-electron chi connectivity index (χ3n) is 1.91. The number of oxazole rings is 1. The molecule has 0 aromatic carbocycles. The van der Waals surface area contributed by atoms with Crippen molar-refractivity contribution in [1.82, 2.24) is 4.98 Å². The molecule has 0 aliphatic rings. The van der Waals surface area contributed by atoms with E-state index in [0.717, 1.165) is 0 Å². The predicted molar refractivity (Wildman–Crippen MR) is 65.2 cm³/mol. The molecule has 2 N–H and O–H groups in total. The number of halogens is 1. The van der Waals surface area contributed by atoms with Crippen molar-refractivity contribution in [2.75, 3.05) is 12.3 Å². The lowest BCUT2D eigenvalue weighted by atomic mass is 10.4. The highest BCUT2D eigenvalue weighted by Crippen LogP contribution is 2.32. The molecule has 0 atom stereocenters. The molecule has 7 heteroatoms. The Kier molecular flexibility index (Phi) is 3.35. The van der Waals surface area contributed by atoms with Gasteiger partial charge < -0.3 is 14.9 Å². The Bertz CT molecular complexity index is 549. The molecule has 0 unspecified atom stereocenters. The number of nitrogens with zero attached hydrogens (tertiary/aromatic N) is 1. The van der Waals surface area contributed by atoms with Crippen LogP contribution in [0, 0.1) is 0 Å². The fourth-order valence-corrected chi connectivity index (χ4v) is 2.18. The number of esters is 1. The van der Waals surface area contributed by atoms with Crippen LogP contribution in [0.5, 0.6) is 0 Å². The largest absolute Gasteiger partial charge is 0.461 e. The molecular formula is C10H9ClN2O3S. The van der Waals surface area contributed by atoms with Gasteiger partial charge in [0.1, 0.15) is 0 Å². The third kappa shape index (κ3) is 2.42. The lowest BCUT2D eigenvalue weighted by molar-refractivity contribution is 0.0521. The van der Waals surface area contributed by atoms with Crippen LogP contribution in [0.3, 0.4) is 0 Å². The van der Waals surface area contributed by atoms with Gasteiger partial charge in [-0.15, -0.1) is 11.3 Å². The Morgan fingerprint density at radius 1 is 1.65 bits per heavy atom. The predicted octanol–water partition coefficient (Wildman–Crippen LogP) is 2.82. The van der Waals surface area contributed by atoms with E-state index in [4.69, 9.17) is 26.5 Å². The summed E-state index contributed by atoms with van der Waals surface area (Å²) >= 11 is 7.08. The minimum absolute atomic E-state index is 0.00799. The quantitative estimate of drug-likeness (QED) is 0.869. The van der Waals surface area contributed by atoms with Crippen LogP contribution in [0.4, 0.5) is 5.88 Å². The van der Waals surface area contributed by atoms with Crippen molar-refractivity contribution < 1.29 is 13.9 Å². The molecule has 2 aromatic heterocycles. The fraction of sp³-hybridized carbons (Fsp3) is 0.200. The first kappa shape index (κ1) is 11.9. The number of nitrogen functional groups attached to an aromatic ring is 1. The molecule has 0 amide bonds. The molecule has 0 radical (unpaired) electrons. The number of thiophene rings is 1. The zero-order valence-electron chi connectivity index (χ0n) is 8.90. The summed E-state index contributed by atoms with van der Waals surface area (Å²) in [5.41, 5.74) is 5.55. The van der Waals surface area contributed by atoms with E-state index in [-0.39, 0.29) is 24.1 Å². The Labute approximate surface area is 106 Å². The van der Waals surface area contributed by atoms with E-state index in [9.17, 15) is 4.79 Å². The maximum atomic E-state index is 11.5. The summed E-state index contributed by atoms with van der Waals surface area (Å²) < 4.78 is 10.6. The van der Waals surface area contributed by atoms with Gasteiger partial charge in [0.15, 0.2) is 0 Å². The minimum atomic E-state index is -0.595. The van der Waals surface area contributed by atoms with Gasteiger partial charge in [-0.2, -0.15) is 4.98 Å². The van der Waals surface area contributed by atoms with Crippen molar-refractivity contribution in [3.8, 4) is 10.8 Å². The summed E-state index contributed by atoms with van der Waals surface area (Å²) in [5, 5.41) is 0. The molecule has 90 valence electrons. The molecule has 5 nitrogen and oxygen atoms in total. The molecule has 0 saturated carbocycles. The Balaban J connectivity index is 2.33. The molecule has 0 aliphatic heterocycles. The molecule has 0 aliphatic carbocycles. The topological polar surface area (TPSA) is 78.3 Å². The number of carbonyl (C=O) groups excluding carboxylic acids is 1. The van der Waals surface area contributed by atoms with E-state index >= 15 is 0 Å². The average Bonchev–Trinajstić information content (AvgIpc) is 2.85. The van der Waals surface area contributed by atoms with Crippen molar-refractivity contribution in [3.63, 3.8) is 0 Å². The molecule has 0 saturated heterocycles. The fourth-order valence-electron chi connectivity index (χ4n) is 1.21. The van der Waals surface area contributed by atoms with Crippen LogP contribution in [-0.2, 0) is 4.74 Å². The van der Waals surface area contributed by atoms with Crippen molar-refractivity contribution in [3.05, 3.63) is 22.2 Å². The average molecular weight is 273 g/mol. The van der Waals surface area contributed by atoms with Gasteiger partial charge in [-0.05, 0) is 19.1 Å². The van der Waals surface area contributed by atoms with Crippen LogP contribution in [0.25, 0.3) is 10.8 Å². The van der Waals surface area contributed by atoms with Gasteiger partial charge >= 0.3 is 5.97 Å². The molecule has 0 spiro atoms. The van der Waals surface area contributed by atoms with Crippen molar-refractivity contribution in [2.24, 2.45) is 0 Å². The summed E-state index contributed by atoms with van der Waals surface area (Å²) in [6.07, 6.45) is 0. The second kappa shape index (κ2) is 4.77. The molecule has 2 heterocycles. The highest BCUT2D eigenvalue weighted by atomic mass is 35.5. The number of hydrogen-bond donors (Lipinski definition) is 1. The van der Waals surface area contributed by atoms with Crippen LogP contribution < -0.4 is 5.73 Å². The van der Waals surface area contributed by atoms with Gasteiger partial charge in [-0.25, -0.2) is 4.79 Å². The van der Waals surface area contributed by atoms with E-state index in [1.54, 1.807) is 19.1 Å². The zero-order valence-corrected chi connectivity index (χ0v) is 10.5. The first-order valence-electron chi connectivity index (χ1n) is 4.81. The Morgan fingerprint density at radius 2 is 2.41 bits per heavy atom. The number of hydrogen-bond acceptors (Lipinski definition) is 6. The van der Waals surface area contributed by atoms with E-state index < -0.39 is 5.97 Å². The van der Waals surface area contributed by atoms with Gasteiger partial charge in [-0.3, -0.25) is 0 Å². The number of anilines is 1. The number of nitrogens with two attached hydrogens (primary N) is 1. The first-order chi connectivity index (χ1) is 8.11. The second-order valence-corrected chi connectivity index (χ2v) is 4.77. The summed E-state index contributed by atoms with van der Waals surface area (Å²) in [7, 11) is 0. The number of rotatable bonds is 3. The maximum absolute atomic E-state index is 11.5. The van der Waals surface area contributed by atoms with E-state index in [1.807, 2.05) is 0 Å². The summed E-state index contributed by atoms with van der Waals surface area (Å²) in [4.78, 5) is 16.2. The lowest BCUT2D eigenvalue weighted by Crippen LogP contribution is -2.07. The standard InChI is InChI=1S/C10H9ClN2O3S/c1-2-15-10(14)7-8(12)16-9(13-7)5-3-4-6(11)17-5/h3-4H,2,12H2,1H3. The van der Waals surface area contributed by atoms with Crippen LogP contribution in [0.2, 0.25) is 4.34 Å². The van der Waals surface area contributed by atoms with Gasteiger partial charge in [0.25, 0.3) is 0 Å². The summed E-state index contributed by atoms with van der Waals surface area (Å²) in [6, 6.07) is 3.46. The van der Waals surface area contributed by atoms with Gasteiger partial charge in [0.05, 0.1) is 15.8 Å². The third-order valence-corrected chi connectivity index (χ3v) is 3.13. The zero-order chi connectivity index (χ0) is 12.4. The number of carbonyl (C=O) groups is 1. The van der Waals surface area contributed by atoms with Crippen molar-refractivity contribution >= 4 is 34.8 Å². The Morgan fingerprint density at radius 3 is 3.00 bits per heavy atom. The maximum Gasteiger partial charge on any atom is 0.362 e. The highest BCUT2D eigenvalue weighted by molar-refractivity contribution is 7.19. The highest BCUT2D eigenvalue weighted by Gasteiger charge is 2.20. The Hall–Kier alpha value is -1.53. The van der Waals surface area contributed by atoms with E-state index in [0.29, 0.717) is 9.21 Å². The van der Waals surface area contributed by atoms with Crippen LogP contribution in [0.1, 0.15) is 17.4 Å². The van der Waals surface area contributed by atoms with E-state index in [1.165, 1.54) is 11.3 Å². The normalized spacial score (nSPS) is 10.5. The van der Waals surface area contributed by atoms with E-state index in [2.05, 4.69) is 4.98 Å². The lowest BCUT2D eigenvalue weighted by Gasteiger charge is -1.96. The van der Waals surface area contributed by atoms with Gasteiger partial charge in [-0.1, -0.05) is 11.6 Å². The first-order valence-corrected chi connectivity index (χ1v) is 6.00. The minimum Gasteiger partial charge on any atom is -0.461 e. The van der Waals surface area contributed by atoms with Gasteiger partial charge in [0.2, 0.25) is 17.5 Å². The SMILES string of the molecule is CCOC(=O)c1nc(-c2ccc(Cl)s2)oc1N. The van der Waals surface area contributed by atoms with Crippen LogP contribution in [0.15, 0.2) is 16.5 Å². The summed E-state index contributed by atoms with van der Waals surface area (Å²) in [5.74, 6) is -0.381.